The normalized spacial score (nSPS) is 20.9. The highest BCUT2D eigenvalue weighted by Crippen LogP contribution is 2.38. The molecule has 1 atom stereocenters. The first-order valence-corrected chi connectivity index (χ1v) is 6.60. The van der Waals surface area contributed by atoms with Gasteiger partial charge >= 0.3 is 0 Å². The molecule has 0 heterocycles. The lowest BCUT2D eigenvalue weighted by atomic mass is 9.84. The predicted molar refractivity (Wildman–Crippen MR) is 77.1 cm³/mol. The van der Waals surface area contributed by atoms with Gasteiger partial charge in [-0.15, -0.1) is 6.42 Å². The third-order valence-corrected chi connectivity index (χ3v) is 3.98. The maximum absolute atomic E-state index is 11.0. The van der Waals surface area contributed by atoms with Gasteiger partial charge < -0.3 is 5.11 Å². The molecular weight excluding hydrogens is 256 g/mol. The zero-order valence-corrected chi connectivity index (χ0v) is 11.1. The van der Waals surface area contributed by atoms with Crippen molar-refractivity contribution < 1.29 is 5.11 Å². The molecular formula is C17H13ClO. The average molecular weight is 269 g/mol. The second-order valence-corrected chi connectivity index (χ2v) is 5.25. The lowest BCUT2D eigenvalue weighted by molar-refractivity contribution is 0.145. The van der Waals surface area contributed by atoms with E-state index >= 15 is 0 Å². The first-order valence-electron chi connectivity index (χ1n) is 6.22. The molecule has 1 nitrogen and oxygen atoms in total. The molecule has 2 aromatic rings. The summed E-state index contributed by atoms with van der Waals surface area (Å²) in [7, 11) is 0. The van der Waals surface area contributed by atoms with Gasteiger partial charge in [-0.3, -0.25) is 0 Å². The van der Waals surface area contributed by atoms with E-state index in [-0.39, 0.29) is 0 Å². The third-order valence-electron chi connectivity index (χ3n) is 3.74. The fourth-order valence-corrected chi connectivity index (χ4v) is 2.94. The van der Waals surface area contributed by atoms with Crippen LogP contribution in [0.3, 0.4) is 0 Å². The van der Waals surface area contributed by atoms with Crippen molar-refractivity contribution in [3.05, 3.63) is 69.7 Å². The average Bonchev–Trinajstić information content (AvgIpc) is 2.56. The number of rotatable bonds is 0. The van der Waals surface area contributed by atoms with E-state index in [2.05, 4.69) is 5.92 Å². The summed E-state index contributed by atoms with van der Waals surface area (Å²) >= 11 is 6.06. The van der Waals surface area contributed by atoms with E-state index in [0.29, 0.717) is 5.02 Å². The standard InChI is InChI=1S/C17H13ClO/c1-2-17(19)15-6-4-3-5-12(15)7-8-13-9-10-14(18)11-16(13)17/h1,3-6,9-11,19H,7-8H2. The molecule has 0 spiro atoms. The minimum absolute atomic E-state index is 0.590. The highest BCUT2D eigenvalue weighted by Gasteiger charge is 2.35. The van der Waals surface area contributed by atoms with E-state index in [1.165, 1.54) is 0 Å². The molecule has 0 bridgehead atoms. The summed E-state index contributed by atoms with van der Waals surface area (Å²) in [6.45, 7) is 0. The van der Waals surface area contributed by atoms with Crippen molar-refractivity contribution >= 4 is 11.6 Å². The topological polar surface area (TPSA) is 20.2 Å². The minimum Gasteiger partial charge on any atom is -0.369 e. The molecule has 0 aliphatic heterocycles. The Bertz CT molecular complexity index is 684. The largest absolute Gasteiger partial charge is 0.369 e. The molecule has 0 aromatic heterocycles. The van der Waals surface area contributed by atoms with E-state index in [4.69, 9.17) is 18.0 Å². The fraction of sp³-hybridized carbons (Fsp3) is 0.176. The van der Waals surface area contributed by atoms with Crippen LogP contribution in [-0.4, -0.2) is 5.11 Å². The molecule has 1 unspecified atom stereocenters. The van der Waals surface area contributed by atoms with Crippen molar-refractivity contribution in [2.24, 2.45) is 0 Å². The highest BCUT2D eigenvalue weighted by molar-refractivity contribution is 6.30. The summed E-state index contributed by atoms with van der Waals surface area (Å²) in [5.41, 5.74) is 2.27. The van der Waals surface area contributed by atoms with E-state index in [1.807, 2.05) is 36.4 Å². The van der Waals surface area contributed by atoms with Crippen molar-refractivity contribution in [3.63, 3.8) is 0 Å². The number of benzene rings is 2. The molecule has 19 heavy (non-hydrogen) atoms. The summed E-state index contributed by atoms with van der Waals surface area (Å²) in [5, 5.41) is 11.6. The van der Waals surface area contributed by atoms with Gasteiger partial charge in [-0.05, 0) is 36.1 Å². The lowest BCUT2D eigenvalue weighted by Gasteiger charge is -2.25. The van der Waals surface area contributed by atoms with Gasteiger partial charge in [0.25, 0.3) is 0 Å². The number of hydrogen-bond donors (Lipinski definition) is 1. The number of halogens is 1. The Morgan fingerprint density at radius 2 is 1.74 bits per heavy atom. The van der Waals surface area contributed by atoms with Gasteiger partial charge in [-0.2, -0.15) is 0 Å². The minimum atomic E-state index is -1.40. The third kappa shape index (κ3) is 1.85. The van der Waals surface area contributed by atoms with Crippen LogP contribution < -0.4 is 0 Å². The molecule has 3 rings (SSSR count). The van der Waals surface area contributed by atoms with Crippen LogP contribution in [0.15, 0.2) is 42.5 Å². The van der Waals surface area contributed by atoms with Gasteiger partial charge in [0.15, 0.2) is 5.60 Å². The Hall–Kier alpha value is -1.75. The Labute approximate surface area is 117 Å². The molecule has 2 aromatic carbocycles. The van der Waals surface area contributed by atoms with Crippen LogP contribution in [0, 0.1) is 12.3 Å². The predicted octanol–water partition coefficient (Wildman–Crippen LogP) is 3.31. The van der Waals surface area contributed by atoms with Gasteiger partial charge in [0, 0.05) is 16.1 Å². The smallest absolute Gasteiger partial charge is 0.177 e. The molecule has 0 amide bonds. The Balaban J connectivity index is 2.34. The first kappa shape index (κ1) is 12.3. The highest BCUT2D eigenvalue weighted by atomic mass is 35.5. The molecule has 1 N–H and O–H groups in total. The summed E-state index contributed by atoms with van der Waals surface area (Å²) in [6.07, 6.45) is 7.37. The number of hydrogen-bond acceptors (Lipinski definition) is 1. The van der Waals surface area contributed by atoms with Gasteiger partial charge in [0.05, 0.1) is 0 Å². The van der Waals surface area contributed by atoms with Crippen LogP contribution in [0.5, 0.6) is 0 Å². The first-order chi connectivity index (χ1) is 9.15. The van der Waals surface area contributed by atoms with Crippen molar-refractivity contribution in [2.45, 2.75) is 18.4 Å². The van der Waals surface area contributed by atoms with Crippen LogP contribution in [0.1, 0.15) is 22.3 Å². The van der Waals surface area contributed by atoms with Crippen molar-refractivity contribution in [1.29, 1.82) is 0 Å². The van der Waals surface area contributed by atoms with E-state index in [9.17, 15) is 5.11 Å². The van der Waals surface area contributed by atoms with Crippen LogP contribution >= 0.6 is 11.6 Å². The molecule has 0 radical (unpaired) electrons. The zero-order valence-electron chi connectivity index (χ0n) is 10.4. The van der Waals surface area contributed by atoms with E-state index in [0.717, 1.165) is 35.1 Å². The maximum atomic E-state index is 11.0. The lowest BCUT2D eigenvalue weighted by Crippen LogP contribution is -2.26. The van der Waals surface area contributed by atoms with Gasteiger partial charge in [-0.1, -0.05) is 47.9 Å². The monoisotopic (exact) mass is 268 g/mol. The number of terminal acetylenes is 1. The molecule has 2 heteroatoms. The fourth-order valence-electron chi connectivity index (χ4n) is 2.76. The van der Waals surface area contributed by atoms with Gasteiger partial charge in [-0.25, -0.2) is 0 Å². The summed E-state index contributed by atoms with van der Waals surface area (Å²) in [4.78, 5) is 0. The zero-order chi connectivity index (χ0) is 13.5. The Kier molecular flexibility index (Phi) is 2.86. The van der Waals surface area contributed by atoms with Gasteiger partial charge in [0.1, 0.15) is 0 Å². The molecule has 1 aliphatic carbocycles. The van der Waals surface area contributed by atoms with Gasteiger partial charge in [0.2, 0.25) is 0 Å². The second kappa shape index (κ2) is 4.42. The number of aryl methyl sites for hydroxylation is 2. The number of aliphatic hydroxyl groups is 1. The summed E-state index contributed by atoms with van der Waals surface area (Å²) in [6, 6.07) is 13.4. The van der Waals surface area contributed by atoms with Crippen molar-refractivity contribution in [3.8, 4) is 12.3 Å². The number of fused-ring (bicyclic) bond motifs is 2. The van der Waals surface area contributed by atoms with Crippen LogP contribution in [0.4, 0.5) is 0 Å². The molecule has 0 saturated heterocycles. The van der Waals surface area contributed by atoms with Crippen LogP contribution in [0.2, 0.25) is 5.02 Å². The second-order valence-electron chi connectivity index (χ2n) is 4.81. The van der Waals surface area contributed by atoms with Crippen LogP contribution in [-0.2, 0) is 18.4 Å². The van der Waals surface area contributed by atoms with Crippen molar-refractivity contribution in [2.75, 3.05) is 0 Å². The SMILES string of the molecule is C#CC1(O)c2ccccc2CCc2ccc(Cl)cc21. The molecule has 0 saturated carbocycles. The van der Waals surface area contributed by atoms with Crippen LogP contribution in [0.25, 0.3) is 0 Å². The summed E-state index contributed by atoms with van der Waals surface area (Å²) in [5.74, 6) is 2.56. The van der Waals surface area contributed by atoms with Crippen molar-refractivity contribution in [1.82, 2.24) is 0 Å². The molecule has 94 valence electrons. The quantitative estimate of drug-likeness (QED) is 0.727. The van der Waals surface area contributed by atoms with E-state index < -0.39 is 5.60 Å². The molecule has 1 aliphatic rings. The Morgan fingerprint density at radius 3 is 2.47 bits per heavy atom. The maximum Gasteiger partial charge on any atom is 0.177 e. The Morgan fingerprint density at radius 1 is 1.05 bits per heavy atom. The molecule has 0 fully saturated rings. The summed E-state index contributed by atoms with van der Waals surface area (Å²) < 4.78 is 0. The van der Waals surface area contributed by atoms with E-state index in [1.54, 1.807) is 6.07 Å².